The Morgan fingerprint density at radius 2 is 1.89 bits per heavy atom. The molecule has 0 spiro atoms. The first-order valence-corrected chi connectivity index (χ1v) is 9.25. The van der Waals surface area contributed by atoms with Crippen LogP contribution in [-0.4, -0.2) is 28.7 Å². The van der Waals surface area contributed by atoms with E-state index in [1.165, 1.54) is 35.3 Å². The van der Waals surface area contributed by atoms with Crippen molar-refractivity contribution in [2.45, 2.75) is 6.54 Å². The van der Waals surface area contributed by atoms with Crippen molar-refractivity contribution in [3.8, 4) is 5.75 Å². The Labute approximate surface area is 174 Å². The van der Waals surface area contributed by atoms with Gasteiger partial charge in [-0.25, -0.2) is 4.39 Å². The molecule has 2 N–H and O–H groups in total. The molecule has 0 aliphatic heterocycles. The van der Waals surface area contributed by atoms with E-state index in [0.717, 1.165) is 0 Å². The SMILES string of the molecule is COc1ccc(NC(=O)Cn2cc(NC(=O)c3ccc(I)c(F)c3)cn2)cc1. The summed E-state index contributed by atoms with van der Waals surface area (Å²) in [4.78, 5) is 24.3. The van der Waals surface area contributed by atoms with E-state index in [2.05, 4.69) is 15.7 Å². The van der Waals surface area contributed by atoms with Crippen molar-refractivity contribution in [3.63, 3.8) is 0 Å². The number of nitrogens with zero attached hydrogens (tertiary/aromatic N) is 2. The second-order valence-corrected chi connectivity index (χ2v) is 6.95. The molecule has 2 amide bonds. The number of rotatable bonds is 6. The fraction of sp³-hybridized carbons (Fsp3) is 0.105. The average Bonchev–Trinajstić information content (AvgIpc) is 3.11. The van der Waals surface area contributed by atoms with Gasteiger partial charge in [-0.1, -0.05) is 0 Å². The molecule has 7 nitrogen and oxygen atoms in total. The Morgan fingerprint density at radius 3 is 2.57 bits per heavy atom. The minimum absolute atomic E-state index is 0.0277. The minimum Gasteiger partial charge on any atom is -0.497 e. The van der Waals surface area contributed by atoms with Gasteiger partial charge in [-0.2, -0.15) is 5.10 Å². The molecule has 0 aliphatic rings. The van der Waals surface area contributed by atoms with Gasteiger partial charge < -0.3 is 15.4 Å². The van der Waals surface area contributed by atoms with E-state index < -0.39 is 11.7 Å². The number of halogens is 2. The molecule has 0 unspecified atom stereocenters. The van der Waals surface area contributed by atoms with Gasteiger partial charge in [-0.05, 0) is 65.1 Å². The lowest BCUT2D eigenvalue weighted by Gasteiger charge is -2.06. The molecule has 0 radical (unpaired) electrons. The average molecular weight is 494 g/mol. The Bertz CT molecular complexity index is 1000. The summed E-state index contributed by atoms with van der Waals surface area (Å²) in [7, 11) is 1.57. The van der Waals surface area contributed by atoms with Crippen LogP contribution in [0.1, 0.15) is 10.4 Å². The predicted octanol–water partition coefficient (Wildman–Crippen LogP) is 3.53. The normalized spacial score (nSPS) is 10.4. The number of benzene rings is 2. The Morgan fingerprint density at radius 1 is 1.14 bits per heavy atom. The third kappa shape index (κ3) is 5.06. The summed E-state index contributed by atoms with van der Waals surface area (Å²) in [5.41, 5.74) is 1.23. The van der Waals surface area contributed by atoms with Crippen molar-refractivity contribution in [2.75, 3.05) is 17.7 Å². The molecular formula is C19H16FIN4O3. The van der Waals surface area contributed by atoms with Crippen LogP contribution in [0.25, 0.3) is 0 Å². The van der Waals surface area contributed by atoms with Gasteiger partial charge in [-0.15, -0.1) is 0 Å². The van der Waals surface area contributed by atoms with Gasteiger partial charge in [0.25, 0.3) is 5.91 Å². The highest BCUT2D eigenvalue weighted by Gasteiger charge is 2.11. The third-order valence-corrected chi connectivity index (χ3v) is 4.63. The quantitative estimate of drug-likeness (QED) is 0.514. The summed E-state index contributed by atoms with van der Waals surface area (Å²) >= 11 is 1.85. The van der Waals surface area contributed by atoms with Crippen LogP contribution in [-0.2, 0) is 11.3 Å². The van der Waals surface area contributed by atoms with Gasteiger partial charge in [0.1, 0.15) is 18.1 Å². The largest absolute Gasteiger partial charge is 0.497 e. The molecule has 28 heavy (non-hydrogen) atoms. The zero-order chi connectivity index (χ0) is 20.1. The van der Waals surface area contributed by atoms with Gasteiger partial charge in [0.05, 0.1) is 19.0 Å². The van der Waals surface area contributed by atoms with Crippen LogP contribution < -0.4 is 15.4 Å². The Balaban J connectivity index is 1.57. The topological polar surface area (TPSA) is 85.2 Å². The van der Waals surface area contributed by atoms with Crippen molar-refractivity contribution in [1.82, 2.24) is 9.78 Å². The molecule has 1 heterocycles. The predicted molar refractivity (Wildman–Crippen MR) is 111 cm³/mol. The number of hydrogen-bond donors (Lipinski definition) is 2. The van der Waals surface area contributed by atoms with Crippen molar-refractivity contribution in [2.24, 2.45) is 0 Å². The van der Waals surface area contributed by atoms with E-state index >= 15 is 0 Å². The number of methoxy groups -OCH3 is 1. The molecule has 9 heteroatoms. The first kappa shape index (κ1) is 19.8. The number of carbonyl (C=O) groups is 2. The van der Waals surface area contributed by atoms with Crippen molar-refractivity contribution in [3.05, 3.63) is 69.8 Å². The zero-order valence-electron chi connectivity index (χ0n) is 14.8. The molecular weight excluding hydrogens is 478 g/mol. The second-order valence-electron chi connectivity index (χ2n) is 5.79. The van der Waals surface area contributed by atoms with Crippen LogP contribution in [0.2, 0.25) is 0 Å². The maximum absolute atomic E-state index is 13.6. The van der Waals surface area contributed by atoms with E-state index in [4.69, 9.17) is 4.74 Å². The molecule has 3 rings (SSSR count). The van der Waals surface area contributed by atoms with Crippen LogP contribution >= 0.6 is 22.6 Å². The maximum atomic E-state index is 13.6. The van der Waals surface area contributed by atoms with Gasteiger partial charge in [0.15, 0.2) is 0 Å². The second kappa shape index (κ2) is 8.83. The van der Waals surface area contributed by atoms with Gasteiger partial charge in [0.2, 0.25) is 5.91 Å². The number of anilines is 2. The van der Waals surface area contributed by atoms with Crippen LogP contribution in [0.3, 0.4) is 0 Å². The summed E-state index contributed by atoms with van der Waals surface area (Å²) in [5.74, 6) is -0.499. The Kier molecular flexibility index (Phi) is 6.24. The third-order valence-electron chi connectivity index (χ3n) is 3.75. The number of ether oxygens (including phenoxy) is 1. The van der Waals surface area contributed by atoms with Crippen LogP contribution in [0.4, 0.5) is 15.8 Å². The van der Waals surface area contributed by atoms with Gasteiger partial charge in [0, 0.05) is 21.0 Å². The highest BCUT2D eigenvalue weighted by atomic mass is 127. The maximum Gasteiger partial charge on any atom is 0.255 e. The lowest BCUT2D eigenvalue weighted by Crippen LogP contribution is -2.19. The Hall–Kier alpha value is -2.95. The van der Waals surface area contributed by atoms with E-state index in [0.29, 0.717) is 20.7 Å². The molecule has 0 atom stereocenters. The fourth-order valence-electron chi connectivity index (χ4n) is 2.38. The molecule has 0 aliphatic carbocycles. The first-order chi connectivity index (χ1) is 13.4. The molecule has 144 valence electrons. The molecule has 1 aromatic heterocycles. The van der Waals surface area contributed by atoms with Crippen LogP contribution in [0.5, 0.6) is 5.75 Å². The smallest absolute Gasteiger partial charge is 0.255 e. The number of hydrogen-bond acceptors (Lipinski definition) is 4. The summed E-state index contributed by atoms with van der Waals surface area (Å²) in [5, 5.41) is 9.42. The number of amides is 2. The highest BCUT2D eigenvalue weighted by Crippen LogP contribution is 2.16. The standard InChI is InChI=1S/C19H16FIN4O3/c1-28-15-5-3-13(4-6-15)23-18(26)11-25-10-14(9-22-25)24-19(27)12-2-7-17(21)16(20)8-12/h2-10H,11H2,1H3,(H,23,26)(H,24,27). The van der Waals surface area contributed by atoms with Gasteiger partial charge >= 0.3 is 0 Å². The minimum atomic E-state index is -0.461. The van der Waals surface area contributed by atoms with E-state index in [-0.39, 0.29) is 18.0 Å². The summed E-state index contributed by atoms with van der Waals surface area (Å²) < 4.78 is 20.5. The van der Waals surface area contributed by atoms with Gasteiger partial charge in [-0.3, -0.25) is 14.3 Å². The number of nitrogens with one attached hydrogen (secondary N) is 2. The lowest BCUT2D eigenvalue weighted by atomic mass is 10.2. The highest BCUT2D eigenvalue weighted by molar-refractivity contribution is 14.1. The summed E-state index contributed by atoms with van der Waals surface area (Å²) in [6.45, 7) is -0.0277. The van der Waals surface area contributed by atoms with E-state index in [9.17, 15) is 14.0 Å². The molecule has 0 bridgehead atoms. The summed E-state index contributed by atoms with van der Waals surface area (Å²) in [6, 6.07) is 11.2. The van der Waals surface area contributed by atoms with Crippen LogP contribution in [0, 0.1) is 9.39 Å². The lowest BCUT2D eigenvalue weighted by molar-refractivity contribution is -0.116. The summed E-state index contributed by atoms with van der Waals surface area (Å²) in [6.07, 6.45) is 2.94. The zero-order valence-corrected chi connectivity index (χ0v) is 16.9. The molecule has 2 aromatic carbocycles. The van der Waals surface area contributed by atoms with Crippen LogP contribution in [0.15, 0.2) is 54.9 Å². The number of carbonyl (C=O) groups excluding carboxylic acids is 2. The monoisotopic (exact) mass is 494 g/mol. The van der Waals surface area contributed by atoms with Crippen molar-refractivity contribution >= 4 is 45.8 Å². The van der Waals surface area contributed by atoms with Crippen molar-refractivity contribution < 1.29 is 18.7 Å². The molecule has 0 saturated carbocycles. The fourth-order valence-corrected chi connectivity index (χ4v) is 2.71. The molecule has 0 saturated heterocycles. The van der Waals surface area contributed by atoms with Crippen molar-refractivity contribution in [1.29, 1.82) is 0 Å². The molecule has 3 aromatic rings. The first-order valence-electron chi connectivity index (χ1n) is 8.17. The molecule has 0 fully saturated rings. The van der Waals surface area contributed by atoms with E-state index in [1.807, 2.05) is 22.6 Å². The number of aromatic nitrogens is 2. The van der Waals surface area contributed by atoms with E-state index in [1.54, 1.807) is 31.4 Å².